The van der Waals surface area contributed by atoms with Crippen LogP contribution in [0.5, 0.6) is 0 Å². The van der Waals surface area contributed by atoms with Crippen LogP contribution in [-0.2, 0) is 9.63 Å². The third-order valence-electron chi connectivity index (χ3n) is 7.42. The molecule has 0 aromatic carbocycles. The standard InChI is InChI=1S/C21H38FN5O2/c1-12-7-8-16(22)15-10-17(24-19(12)15)21(28)23-14-6-4-5-13(9-14)20-25-18(29-26-20)11-27(2)3/h12-20,24-26H,4-11H2,1-3H3,(H,23,28)/t12?,13-,14+,15?,16?,17?,18?,19?,20?/m1/s1. The van der Waals surface area contributed by atoms with Gasteiger partial charge >= 0.3 is 0 Å². The molecule has 0 aromatic heterocycles. The van der Waals surface area contributed by atoms with Crippen molar-refractivity contribution < 1.29 is 14.0 Å². The summed E-state index contributed by atoms with van der Waals surface area (Å²) in [4.78, 5) is 20.7. The lowest BCUT2D eigenvalue weighted by Crippen LogP contribution is -2.51. The Labute approximate surface area is 173 Å². The van der Waals surface area contributed by atoms with Crippen molar-refractivity contribution in [2.24, 2.45) is 17.8 Å². The van der Waals surface area contributed by atoms with Crippen LogP contribution in [0.4, 0.5) is 4.39 Å². The average molecular weight is 412 g/mol. The predicted molar refractivity (Wildman–Crippen MR) is 109 cm³/mol. The normalized spacial score (nSPS) is 45.3. The molecule has 2 aliphatic carbocycles. The molecule has 0 aromatic rings. The fourth-order valence-electron chi connectivity index (χ4n) is 5.84. The van der Waals surface area contributed by atoms with Crippen molar-refractivity contribution in [2.45, 2.75) is 88.6 Å². The van der Waals surface area contributed by atoms with E-state index in [4.69, 9.17) is 4.84 Å². The van der Waals surface area contributed by atoms with Gasteiger partial charge in [-0.25, -0.2) is 4.39 Å². The largest absolute Gasteiger partial charge is 0.352 e. The van der Waals surface area contributed by atoms with Crippen molar-refractivity contribution in [3.63, 3.8) is 0 Å². The van der Waals surface area contributed by atoms with Crippen LogP contribution in [0.25, 0.3) is 0 Å². The SMILES string of the molecule is CC1CCC(F)C2CC(C(=O)N[C@H]3CCC[C@@H](C4NOC(CN(C)C)N4)C3)NC12. The summed E-state index contributed by atoms with van der Waals surface area (Å²) in [6.07, 6.45) is 5.70. The van der Waals surface area contributed by atoms with Crippen molar-refractivity contribution in [3.05, 3.63) is 0 Å². The molecular formula is C21H38FN5O2. The maximum Gasteiger partial charge on any atom is 0.237 e. The Balaban J connectivity index is 1.27. The Hall–Kier alpha value is -0.800. The van der Waals surface area contributed by atoms with Gasteiger partial charge in [0, 0.05) is 24.5 Å². The van der Waals surface area contributed by atoms with E-state index in [0.29, 0.717) is 24.7 Å². The minimum absolute atomic E-state index is 0.00774. The van der Waals surface area contributed by atoms with Gasteiger partial charge in [0.25, 0.3) is 0 Å². The first-order chi connectivity index (χ1) is 13.9. The van der Waals surface area contributed by atoms with Gasteiger partial charge in [-0.15, -0.1) is 0 Å². The second-order valence-electron chi connectivity index (χ2n) is 9.98. The third-order valence-corrected chi connectivity index (χ3v) is 7.42. The van der Waals surface area contributed by atoms with Crippen molar-refractivity contribution in [1.82, 2.24) is 26.3 Å². The second kappa shape index (κ2) is 9.14. The lowest BCUT2D eigenvalue weighted by atomic mass is 9.77. The zero-order valence-electron chi connectivity index (χ0n) is 18.0. The molecule has 0 radical (unpaired) electrons. The van der Waals surface area contributed by atoms with Crippen molar-refractivity contribution in [3.8, 4) is 0 Å². The molecule has 2 aliphatic heterocycles. The van der Waals surface area contributed by atoms with Gasteiger partial charge in [-0.3, -0.25) is 14.9 Å². The summed E-state index contributed by atoms with van der Waals surface area (Å²) < 4.78 is 14.3. The number of carbonyl (C=O) groups is 1. The Morgan fingerprint density at radius 1 is 1.17 bits per heavy atom. The van der Waals surface area contributed by atoms with Crippen molar-refractivity contribution in [2.75, 3.05) is 20.6 Å². The van der Waals surface area contributed by atoms with Gasteiger partial charge in [-0.2, -0.15) is 5.48 Å². The number of rotatable bonds is 5. The second-order valence-corrected chi connectivity index (χ2v) is 9.98. The molecule has 9 atom stereocenters. The number of hydroxylamine groups is 1. The van der Waals surface area contributed by atoms with Crippen LogP contribution in [0.3, 0.4) is 0 Å². The van der Waals surface area contributed by atoms with Crippen LogP contribution >= 0.6 is 0 Å². The lowest BCUT2D eigenvalue weighted by Gasteiger charge is -2.34. The van der Waals surface area contributed by atoms with E-state index in [1.54, 1.807) is 0 Å². The Bertz CT molecular complexity index is 561. The number of nitrogens with one attached hydrogen (secondary N) is 4. The summed E-state index contributed by atoms with van der Waals surface area (Å²) in [6, 6.07) is 0.0757. The fourth-order valence-corrected chi connectivity index (χ4v) is 5.84. The number of hydrogen-bond donors (Lipinski definition) is 4. The van der Waals surface area contributed by atoms with Crippen LogP contribution in [0, 0.1) is 17.8 Å². The molecule has 2 saturated carbocycles. The van der Waals surface area contributed by atoms with Gasteiger partial charge in [0.2, 0.25) is 5.91 Å². The summed E-state index contributed by atoms with van der Waals surface area (Å²) in [6.45, 7) is 3.00. The highest BCUT2D eigenvalue weighted by Gasteiger charge is 2.46. The Morgan fingerprint density at radius 2 is 2.00 bits per heavy atom. The molecule has 2 heterocycles. The molecule has 0 spiro atoms. The molecular weight excluding hydrogens is 373 g/mol. The van der Waals surface area contributed by atoms with Gasteiger partial charge in [0.05, 0.1) is 12.2 Å². The molecule has 29 heavy (non-hydrogen) atoms. The van der Waals surface area contributed by atoms with Gasteiger partial charge in [-0.05, 0) is 64.5 Å². The molecule has 4 N–H and O–H groups in total. The number of alkyl halides is 1. The molecule has 4 fully saturated rings. The van der Waals surface area contributed by atoms with E-state index in [1.165, 1.54) is 0 Å². The van der Waals surface area contributed by atoms with Crippen LogP contribution < -0.4 is 21.4 Å². The minimum atomic E-state index is -0.768. The Kier molecular flexibility index (Phi) is 6.75. The first kappa shape index (κ1) is 21.4. The Morgan fingerprint density at radius 3 is 2.76 bits per heavy atom. The fraction of sp³-hybridized carbons (Fsp3) is 0.952. The smallest absolute Gasteiger partial charge is 0.237 e. The molecule has 7 unspecified atom stereocenters. The molecule has 4 rings (SSSR count). The number of amides is 1. The number of fused-ring (bicyclic) bond motifs is 1. The highest BCUT2D eigenvalue weighted by atomic mass is 19.1. The van der Waals surface area contributed by atoms with Gasteiger partial charge in [0.15, 0.2) is 0 Å². The predicted octanol–water partition coefficient (Wildman–Crippen LogP) is 1.11. The van der Waals surface area contributed by atoms with E-state index in [0.717, 1.165) is 38.6 Å². The van der Waals surface area contributed by atoms with E-state index in [9.17, 15) is 9.18 Å². The number of carbonyl (C=O) groups excluding carboxylic acids is 1. The summed E-state index contributed by atoms with van der Waals surface area (Å²) >= 11 is 0. The molecule has 166 valence electrons. The molecule has 4 aliphatic rings. The number of likely N-dealkylation sites (N-methyl/N-ethyl adjacent to an activating group) is 1. The maximum absolute atomic E-state index is 14.3. The van der Waals surface area contributed by atoms with Gasteiger partial charge in [0.1, 0.15) is 12.4 Å². The van der Waals surface area contributed by atoms with E-state index in [1.807, 2.05) is 14.1 Å². The van der Waals surface area contributed by atoms with Crippen LogP contribution in [0.2, 0.25) is 0 Å². The van der Waals surface area contributed by atoms with Gasteiger partial charge < -0.3 is 15.5 Å². The maximum atomic E-state index is 14.3. The third kappa shape index (κ3) is 4.93. The van der Waals surface area contributed by atoms with Crippen molar-refractivity contribution >= 4 is 5.91 Å². The molecule has 1 amide bonds. The monoisotopic (exact) mass is 411 g/mol. The summed E-state index contributed by atoms with van der Waals surface area (Å²) in [5.74, 6) is 0.916. The highest BCUT2D eigenvalue weighted by Crippen LogP contribution is 2.38. The van der Waals surface area contributed by atoms with Crippen LogP contribution in [-0.4, -0.2) is 68.1 Å². The molecule has 2 saturated heterocycles. The quantitative estimate of drug-likeness (QED) is 0.543. The van der Waals surface area contributed by atoms with Crippen LogP contribution in [0.15, 0.2) is 0 Å². The summed E-state index contributed by atoms with van der Waals surface area (Å²) in [5.41, 5.74) is 3.15. The molecule has 0 bridgehead atoms. The number of nitrogens with zero attached hydrogens (tertiary/aromatic N) is 1. The average Bonchev–Trinajstić information content (AvgIpc) is 3.33. The summed E-state index contributed by atoms with van der Waals surface area (Å²) in [7, 11) is 4.06. The number of hydrogen-bond acceptors (Lipinski definition) is 6. The van der Waals surface area contributed by atoms with Crippen LogP contribution in [0.1, 0.15) is 51.9 Å². The topological polar surface area (TPSA) is 77.7 Å². The zero-order valence-corrected chi connectivity index (χ0v) is 18.0. The first-order valence-electron chi connectivity index (χ1n) is 11.4. The van der Waals surface area contributed by atoms with E-state index in [2.05, 4.69) is 33.3 Å². The highest BCUT2D eigenvalue weighted by molar-refractivity contribution is 5.82. The van der Waals surface area contributed by atoms with E-state index < -0.39 is 6.17 Å². The van der Waals surface area contributed by atoms with E-state index in [-0.39, 0.29) is 42.3 Å². The van der Waals surface area contributed by atoms with E-state index >= 15 is 0 Å². The molecule has 8 heteroatoms. The lowest BCUT2D eigenvalue weighted by molar-refractivity contribution is -0.124. The first-order valence-corrected chi connectivity index (χ1v) is 11.4. The number of halogens is 1. The molecule has 7 nitrogen and oxygen atoms in total. The summed E-state index contributed by atoms with van der Waals surface area (Å²) in [5, 5.41) is 10.2. The minimum Gasteiger partial charge on any atom is -0.352 e. The van der Waals surface area contributed by atoms with Gasteiger partial charge in [-0.1, -0.05) is 13.3 Å². The zero-order chi connectivity index (χ0) is 20.5. The van der Waals surface area contributed by atoms with Crippen molar-refractivity contribution in [1.29, 1.82) is 0 Å².